The lowest BCUT2D eigenvalue weighted by atomic mass is 9.79. The zero-order valence-electron chi connectivity index (χ0n) is 39.5. The van der Waals surface area contributed by atoms with Gasteiger partial charge in [0.05, 0.1) is 17.7 Å². The Balaban J connectivity index is 1.12. The summed E-state index contributed by atoms with van der Waals surface area (Å²) in [5.74, 6) is -5.52. The van der Waals surface area contributed by atoms with Gasteiger partial charge in [0.25, 0.3) is 5.91 Å². The van der Waals surface area contributed by atoms with Crippen LogP contribution in [0, 0.1) is 5.92 Å². The van der Waals surface area contributed by atoms with Gasteiger partial charge in [-0.25, -0.2) is 13.4 Å². The van der Waals surface area contributed by atoms with Gasteiger partial charge in [0.1, 0.15) is 22.8 Å². The van der Waals surface area contributed by atoms with Crippen LogP contribution < -0.4 is 20.7 Å². The zero-order chi connectivity index (χ0) is 49.7. The fourth-order valence-electron chi connectivity index (χ4n) is 9.28. The SMILES string of the molecule is CCO[C@H](CC(=C(C)C)N(C)C(=O)[C@@H](NC(=O)[C@H]1CCCCN1C)[C@@H](C)CC)c1nc(C(=O)NC23CC2c2ccccc2[C@H](C(=O)NS(=O)(=O)Cc2ccc(CNC(=O)C(F)(F)F)cc2)C3)cs1. The van der Waals surface area contributed by atoms with E-state index in [1.54, 1.807) is 34.8 Å². The molecule has 5 amide bonds. The highest BCUT2D eigenvalue weighted by atomic mass is 32.2. The molecule has 370 valence electrons. The molecule has 2 aliphatic carbocycles. The molecule has 1 saturated heterocycles. The number of thiazole rings is 1. The topological polar surface area (TPSA) is 196 Å². The minimum Gasteiger partial charge on any atom is -0.371 e. The van der Waals surface area contributed by atoms with Gasteiger partial charge < -0.3 is 25.6 Å². The highest BCUT2D eigenvalue weighted by Crippen LogP contribution is 2.61. The molecule has 20 heteroatoms. The minimum atomic E-state index is -5.04. The number of nitrogens with one attached hydrogen (secondary N) is 4. The predicted octanol–water partition coefficient (Wildman–Crippen LogP) is 6.35. The molecule has 6 rings (SSSR count). The third kappa shape index (κ3) is 12.3. The summed E-state index contributed by atoms with van der Waals surface area (Å²) in [7, 11) is -0.617. The third-order valence-corrected chi connectivity index (χ3v) is 15.5. The number of allylic oxidation sites excluding steroid dienone is 1. The van der Waals surface area contributed by atoms with Crippen LogP contribution in [-0.2, 0) is 46.2 Å². The van der Waals surface area contributed by atoms with E-state index >= 15 is 0 Å². The number of likely N-dealkylation sites (N-methyl/N-ethyl adjacent to an activating group) is 2. The fourth-order valence-corrected chi connectivity index (χ4v) is 11.3. The first-order chi connectivity index (χ1) is 32.1. The Morgan fingerprint density at radius 1 is 0.985 bits per heavy atom. The van der Waals surface area contributed by atoms with E-state index in [-0.39, 0.29) is 53.8 Å². The summed E-state index contributed by atoms with van der Waals surface area (Å²) < 4.78 is 72.8. The normalized spacial score (nSPS) is 21.5. The molecule has 1 aromatic heterocycles. The average Bonchev–Trinajstić information content (AvgIpc) is 3.79. The van der Waals surface area contributed by atoms with Crippen LogP contribution in [0.5, 0.6) is 0 Å². The summed E-state index contributed by atoms with van der Waals surface area (Å²) in [6.45, 7) is 10.3. The van der Waals surface area contributed by atoms with E-state index in [4.69, 9.17) is 9.72 Å². The second kappa shape index (κ2) is 21.6. The fraction of sp³-hybridized carbons (Fsp3) is 0.542. The molecule has 7 atom stereocenters. The van der Waals surface area contributed by atoms with Crippen molar-refractivity contribution in [1.29, 1.82) is 0 Å². The number of benzene rings is 2. The molecule has 15 nitrogen and oxygen atoms in total. The summed E-state index contributed by atoms with van der Waals surface area (Å²) >= 11 is 1.25. The molecule has 4 N–H and O–H groups in total. The number of rotatable bonds is 19. The smallest absolute Gasteiger partial charge is 0.371 e. The maximum atomic E-state index is 14.3. The number of sulfonamides is 1. The number of nitrogens with zero attached hydrogens (tertiary/aromatic N) is 3. The first-order valence-corrected chi connectivity index (χ1v) is 25.5. The van der Waals surface area contributed by atoms with Crippen molar-refractivity contribution in [3.8, 4) is 0 Å². The summed E-state index contributed by atoms with van der Waals surface area (Å²) in [5, 5.41) is 10.1. The molecular formula is C48H62F3N7O8S2. The maximum absolute atomic E-state index is 14.3. The Morgan fingerprint density at radius 2 is 1.66 bits per heavy atom. The predicted molar refractivity (Wildman–Crippen MR) is 250 cm³/mol. The van der Waals surface area contributed by atoms with Gasteiger partial charge in [-0.3, -0.25) is 33.6 Å². The minimum absolute atomic E-state index is 0.123. The van der Waals surface area contributed by atoms with E-state index in [1.807, 2.05) is 58.7 Å². The maximum Gasteiger partial charge on any atom is 0.471 e. The van der Waals surface area contributed by atoms with E-state index in [0.29, 0.717) is 41.3 Å². The van der Waals surface area contributed by atoms with Crippen molar-refractivity contribution in [2.75, 3.05) is 27.2 Å². The number of carbonyl (C=O) groups excluding carboxylic acids is 5. The highest BCUT2D eigenvalue weighted by molar-refractivity contribution is 7.89. The van der Waals surface area contributed by atoms with Crippen LogP contribution in [0.2, 0.25) is 0 Å². The second-order valence-electron chi connectivity index (χ2n) is 18.4. The van der Waals surface area contributed by atoms with E-state index in [2.05, 4.69) is 15.4 Å². The van der Waals surface area contributed by atoms with Crippen molar-refractivity contribution in [3.63, 3.8) is 0 Å². The lowest BCUT2D eigenvalue weighted by Crippen LogP contribution is -2.56. The lowest BCUT2D eigenvalue weighted by Gasteiger charge is -2.35. The standard InChI is InChI=1S/C48H62F3N7O8S2/c1-8-29(5)40(54-43(61)37-16-12-13-21-57(37)6)45(62)58(7)38(28(3)4)22-39(66-9-2)44-53-36(26-67-44)42(60)55-47-23-34(32-14-10-11-15-33(32)35(47)24-47)41(59)56-68(64,65)27-31-19-17-30(18-20-31)25-52-46(63)48(49,50)51/h10-11,14-15,17-20,26,29,34-35,37,39-40H,8-9,12-13,16,21-25,27H2,1-7H3,(H,52,63)(H,54,61)(H,55,60)(H,56,59)/t29-,34+,35?,37+,39+,40-,47?/m0/s1. The first-order valence-electron chi connectivity index (χ1n) is 23.0. The number of likely N-dealkylation sites (tertiary alicyclic amines) is 1. The number of fused-ring (bicyclic) bond motifs is 3. The van der Waals surface area contributed by atoms with Gasteiger partial charge in [-0.05, 0) is 88.2 Å². The Hall–Kier alpha value is -5.18. The Bertz CT molecular complexity index is 2490. The Labute approximate surface area is 400 Å². The zero-order valence-corrected chi connectivity index (χ0v) is 41.1. The largest absolute Gasteiger partial charge is 0.471 e. The van der Waals surface area contributed by atoms with Gasteiger partial charge in [-0.1, -0.05) is 80.8 Å². The number of piperidine rings is 1. The van der Waals surface area contributed by atoms with E-state index in [1.165, 1.54) is 35.6 Å². The van der Waals surface area contributed by atoms with Crippen LogP contribution in [0.25, 0.3) is 0 Å². The molecule has 3 aromatic rings. The van der Waals surface area contributed by atoms with Crippen molar-refractivity contribution in [3.05, 3.63) is 98.1 Å². The molecule has 2 fully saturated rings. The van der Waals surface area contributed by atoms with Crippen molar-refractivity contribution in [1.82, 2.24) is 35.5 Å². The van der Waals surface area contributed by atoms with Gasteiger partial charge in [-0.15, -0.1) is 11.3 Å². The third-order valence-electron chi connectivity index (χ3n) is 13.4. The summed E-state index contributed by atoms with van der Waals surface area (Å²) in [6.07, 6.45) is -1.37. The van der Waals surface area contributed by atoms with Crippen molar-refractivity contribution >= 4 is 50.9 Å². The number of hydrogen-bond donors (Lipinski definition) is 4. The average molecular weight is 986 g/mol. The van der Waals surface area contributed by atoms with Gasteiger partial charge in [0.2, 0.25) is 27.7 Å². The number of halogens is 3. The summed E-state index contributed by atoms with van der Waals surface area (Å²) in [4.78, 5) is 75.3. The van der Waals surface area contributed by atoms with Gasteiger partial charge in [-0.2, -0.15) is 13.2 Å². The van der Waals surface area contributed by atoms with Gasteiger partial charge >= 0.3 is 12.1 Å². The van der Waals surface area contributed by atoms with Gasteiger partial charge in [0.15, 0.2) is 0 Å². The number of amides is 5. The number of carbonyl (C=O) groups is 5. The number of aromatic nitrogens is 1. The van der Waals surface area contributed by atoms with Crippen molar-refractivity contribution in [2.24, 2.45) is 5.92 Å². The molecule has 2 aromatic carbocycles. The highest BCUT2D eigenvalue weighted by Gasteiger charge is 2.61. The summed E-state index contributed by atoms with van der Waals surface area (Å²) in [5.41, 5.74) is 2.91. The molecule has 2 unspecified atom stereocenters. The van der Waals surface area contributed by atoms with E-state index in [0.717, 1.165) is 36.9 Å². The molecule has 3 aliphatic rings. The molecule has 1 aliphatic heterocycles. The van der Waals surface area contributed by atoms with Gasteiger partial charge in [0, 0.05) is 49.2 Å². The summed E-state index contributed by atoms with van der Waals surface area (Å²) in [6, 6.07) is 11.7. The molecule has 0 radical (unpaired) electrons. The lowest BCUT2D eigenvalue weighted by molar-refractivity contribution is -0.173. The van der Waals surface area contributed by atoms with Crippen LogP contribution in [0.1, 0.15) is 135 Å². The molecule has 0 bridgehead atoms. The Morgan fingerprint density at radius 3 is 2.29 bits per heavy atom. The quantitative estimate of drug-likeness (QED) is 0.105. The van der Waals surface area contributed by atoms with E-state index in [9.17, 15) is 45.6 Å². The molecule has 1 saturated carbocycles. The van der Waals surface area contributed by atoms with Crippen molar-refractivity contribution < 1.29 is 50.3 Å². The molecule has 2 heterocycles. The van der Waals surface area contributed by atoms with Crippen LogP contribution in [0.3, 0.4) is 0 Å². The van der Waals surface area contributed by atoms with Crippen LogP contribution in [0.4, 0.5) is 13.2 Å². The first kappa shape index (κ1) is 52.2. The number of hydrogen-bond acceptors (Lipinski definition) is 11. The Kier molecular flexibility index (Phi) is 16.6. The molecule has 68 heavy (non-hydrogen) atoms. The second-order valence-corrected chi connectivity index (χ2v) is 21.0. The van der Waals surface area contributed by atoms with E-state index < -0.39 is 69.8 Å². The van der Waals surface area contributed by atoms with Crippen molar-refractivity contribution in [2.45, 2.75) is 134 Å². The number of alkyl halides is 3. The monoisotopic (exact) mass is 985 g/mol. The van der Waals surface area contributed by atoms with Crippen LogP contribution >= 0.6 is 11.3 Å². The molecular weight excluding hydrogens is 924 g/mol. The van der Waals surface area contributed by atoms with Crippen LogP contribution in [-0.4, -0.2) is 104 Å². The molecule has 0 spiro atoms. The number of ether oxygens (including phenoxy) is 1. The van der Waals surface area contributed by atoms with Crippen LogP contribution in [0.15, 0.2) is 65.2 Å².